The molecule has 8 nitrogen and oxygen atoms in total. The number of Topliss-reactive ketones (excluding diaryl/α,β-unsaturated/α-hetero) is 1. The SMILES string of the molecule is Cc1oc2ncn(C)c(=O)c2c1C(=O)OCC(=O)c1cc(C)n(-c2ccc3c(c2)CCC3)c1C. The summed E-state index contributed by atoms with van der Waals surface area (Å²) >= 11 is 0. The van der Waals surface area contributed by atoms with Crippen LogP contribution < -0.4 is 5.56 Å². The van der Waals surface area contributed by atoms with E-state index in [1.165, 1.54) is 35.5 Å². The molecule has 1 aliphatic rings. The Balaban J connectivity index is 1.39. The van der Waals surface area contributed by atoms with Crippen molar-refractivity contribution < 1.29 is 18.7 Å². The van der Waals surface area contributed by atoms with E-state index in [-0.39, 0.29) is 28.2 Å². The first kappa shape index (κ1) is 21.9. The van der Waals surface area contributed by atoms with Gasteiger partial charge in [0, 0.05) is 29.7 Å². The molecular weight excluding hydrogens is 434 g/mol. The van der Waals surface area contributed by atoms with Gasteiger partial charge >= 0.3 is 5.97 Å². The van der Waals surface area contributed by atoms with Gasteiger partial charge in [-0.1, -0.05) is 6.07 Å². The Morgan fingerprint density at radius 2 is 1.88 bits per heavy atom. The number of aromatic nitrogens is 3. The predicted molar refractivity (Wildman–Crippen MR) is 126 cm³/mol. The average molecular weight is 460 g/mol. The molecule has 0 radical (unpaired) electrons. The van der Waals surface area contributed by atoms with Crippen LogP contribution in [-0.4, -0.2) is 32.5 Å². The quantitative estimate of drug-likeness (QED) is 0.333. The van der Waals surface area contributed by atoms with Crippen molar-refractivity contribution in [3.8, 4) is 5.69 Å². The van der Waals surface area contributed by atoms with E-state index in [0.29, 0.717) is 5.56 Å². The van der Waals surface area contributed by atoms with Crippen LogP contribution in [0.15, 0.2) is 39.8 Å². The van der Waals surface area contributed by atoms with E-state index in [9.17, 15) is 14.4 Å². The van der Waals surface area contributed by atoms with Gasteiger partial charge in [-0.25, -0.2) is 9.78 Å². The third-order valence-electron chi connectivity index (χ3n) is 6.56. The molecule has 0 saturated heterocycles. The zero-order valence-corrected chi connectivity index (χ0v) is 19.6. The topological polar surface area (TPSA) is 96.3 Å². The van der Waals surface area contributed by atoms with Crippen molar-refractivity contribution in [3.63, 3.8) is 0 Å². The van der Waals surface area contributed by atoms with Gasteiger partial charge in [0.05, 0.1) is 0 Å². The van der Waals surface area contributed by atoms with Gasteiger partial charge in [-0.05, 0) is 69.4 Å². The van der Waals surface area contributed by atoms with Gasteiger partial charge in [-0.2, -0.15) is 0 Å². The van der Waals surface area contributed by atoms with E-state index in [1.807, 2.05) is 19.9 Å². The first-order valence-electron chi connectivity index (χ1n) is 11.2. The van der Waals surface area contributed by atoms with E-state index in [1.54, 1.807) is 6.92 Å². The van der Waals surface area contributed by atoms with Crippen LogP contribution >= 0.6 is 0 Å². The molecule has 0 unspecified atom stereocenters. The number of furan rings is 1. The van der Waals surface area contributed by atoms with Gasteiger partial charge in [0.2, 0.25) is 11.5 Å². The number of aryl methyl sites for hydroxylation is 5. The molecule has 0 saturated carbocycles. The van der Waals surface area contributed by atoms with Crippen molar-refractivity contribution in [2.24, 2.45) is 7.05 Å². The maximum atomic E-state index is 13.0. The van der Waals surface area contributed by atoms with Gasteiger partial charge < -0.3 is 18.3 Å². The molecule has 4 aromatic rings. The van der Waals surface area contributed by atoms with Crippen LogP contribution in [0.2, 0.25) is 0 Å². The first-order chi connectivity index (χ1) is 16.3. The molecular formula is C26H25N3O5. The highest BCUT2D eigenvalue weighted by atomic mass is 16.5. The van der Waals surface area contributed by atoms with Gasteiger partial charge in [0.15, 0.2) is 6.61 Å². The molecule has 0 amide bonds. The Bertz CT molecular complexity index is 1540. The van der Waals surface area contributed by atoms with E-state index < -0.39 is 18.1 Å². The molecule has 0 spiro atoms. The second kappa shape index (κ2) is 8.13. The average Bonchev–Trinajstić information content (AvgIpc) is 3.49. The normalized spacial score (nSPS) is 12.8. The fourth-order valence-electron chi connectivity index (χ4n) is 4.85. The number of hydrogen-bond donors (Lipinski definition) is 0. The zero-order chi connectivity index (χ0) is 24.1. The van der Waals surface area contributed by atoms with Crippen LogP contribution in [0.3, 0.4) is 0 Å². The Morgan fingerprint density at radius 1 is 1.12 bits per heavy atom. The Hall–Kier alpha value is -3.94. The van der Waals surface area contributed by atoms with Crippen LogP contribution in [0.25, 0.3) is 16.8 Å². The summed E-state index contributed by atoms with van der Waals surface area (Å²) in [7, 11) is 1.53. The largest absolute Gasteiger partial charge is 0.454 e. The second-order valence-corrected chi connectivity index (χ2v) is 8.80. The summed E-state index contributed by atoms with van der Waals surface area (Å²) in [4.78, 5) is 42.4. The number of ether oxygens (including phenoxy) is 1. The lowest BCUT2D eigenvalue weighted by Gasteiger charge is -2.12. The molecule has 34 heavy (non-hydrogen) atoms. The third kappa shape index (κ3) is 3.46. The Morgan fingerprint density at radius 3 is 2.68 bits per heavy atom. The highest BCUT2D eigenvalue weighted by Crippen LogP contribution is 2.28. The van der Waals surface area contributed by atoms with Crippen LogP contribution in [-0.2, 0) is 24.6 Å². The van der Waals surface area contributed by atoms with Crippen molar-refractivity contribution in [3.05, 3.63) is 80.3 Å². The maximum absolute atomic E-state index is 13.0. The summed E-state index contributed by atoms with van der Waals surface area (Å²) in [6.45, 7) is 4.95. The van der Waals surface area contributed by atoms with Crippen molar-refractivity contribution in [1.82, 2.24) is 14.1 Å². The molecule has 1 aliphatic carbocycles. The Labute approximate surface area is 195 Å². The molecule has 3 heterocycles. The van der Waals surface area contributed by atoms with E-state index in [0.717, 1.165) is 29.9 Å². The molecule has 3 aromatic heterocycles. The minimum Gasteiger partial charge on any atom is -0.454 e. The number of nitrogens with zero attached hydrogens (tertiary/aromatic N) is 3. The molecule has 0 bridgehead atoms. The fraction of sp³-hybridized carbons (Fsp3) is 0.308. The number of ketones is 1. The van der Waals surface area contributed by atoms with E-state index in [2.05, 4.69) is 27.8 Å². The molecule has 5 rings (SSSR count). The van der Waals surface area contributed by atoms with Gasteiger partial charge in [-0.3, -0.25) is 9.59 Å². The number of carbonyl (C=O) groups is 2. The summed E-state index contributed by atoms with van der Waals surface area (Å²) in [5, 5.41) is 0.0507. The van der Waals surface area contributed by atoms with E-state index in [4.69, 9.17) is 9.15 Å². The fourth-order valence-corrected chi connectivity index (χ4v) is 4.85. The third-order valence-corrected chi connectivity index (χ3v) is 6.56. The lowest BCUT2D eigenvalue weighted by molar-refractivity contribution is 0.0474. The lowest BCUT2D eigenvalue weighted by atomic mass is 10.1. The molecule has 0 atom stereocenters. The monoisotopic (exact) mass is 459 g/mol. The van der Waals surface area contributed by atoms with Crippen LogP contribution in [0.1, 0.15) is 55.4 Å². The summed E-state index contributed by atoms with van der Waals surface area (Å²) in [5.41, 5.74) is 5.63. The summed E-state index contributed by atoms with van der Waals surface area (Å²) < 4.78 is 14.1. The predicted octanol–water partition coefficient (Wildman–Crippen LogP) is 3.77. The molecule has 0 N–H and O–H groups in total. The smallest absolute Gasteiger partial charge is 0.343 e. The highest BCUT2D eigenvalue weighted by Gasteiger charge is 2.25. The zero-order valence-electron chi connectivity index (χ0n) is 19.6. The minimum atomic E-state index is -0.790. The molecule has 174 valence electrons. The number of fused-ring (bicyclic) bond motifs is 2. The maximum Gasteiger partial charge on any atom is 0.343 e. The Kier molecular flexibility index (Phi) is 5.23. The van der Waals surface area contributed by atoms with Crippen molar-refractivity contribution in [1.29, 1.82) is 0 Å². The first-order valence-corrected chi connectivity index (χ1v) is 11.2. The summed E-state index contributed by atoms with van der Waals surface area (Å²) in [6, 6.07) is 8.26. The molecule has 1 aromatic carbocycles. The van der Waals surface area contributed by atoms with E-state index >= 15 is 0 Å². The lowest BCUT2D eigenvalue weighted by Crippen LogP contribution is -2.20. The van der Waals surface area contributed by atoms with Crippen LogP contribution in [0.5, 0.6) is 0 Å². The van der Waals surface area contributed by atoms with Gasteiger partial charge in [0.1, 0.15) is 23.0 Å². The highest BCUT2D eigenvalue weighted by molar-refractivity contribution is 6.05. The van der Waals surface area contributed by atoms with Gasteiger partial charge in [0.25, 0.3) is 5.56 Å². The standard InChI is InChI=1S/C26H25N3O5/c1-14-10-20(15(2)29(14)19-9-8-17-6-5-7-18(17)11-19)21(30)12-33-26(32)22-16(3)34-24-23(22)25(31)28(4)13-27-24/h8-11,13H,5-7,12H2,1-4H3. The van der Waals surface area contributed by atoms with Crippen molar-refractivity contribution >= 4 is 22.9 Å². The summed E-state index contributed by atoms with van der Waals surface area (Å²) in [6.07, 6.45) is 4.68. The van der Waals surface area contributed by atoms with Crippen LogP contribution in [0.4, 0.5) is 0 Å². The van der Waals surface area contributed by atoms with Crippen molar-refractivity contribution in [2.75, 3.05) is 6.61 Å². The molecule has 0 aliphatic heterocycles. The molecule has 8 heteroatoms. The number of esters is 1. The van der Waals surface area contributed by atoms with Crippen LogP contribution in [0, 0.1) is 20.8 Å². The number of hydrogen-bond acceptors (Lipinski definition) is 6. The molecule has 0 fully saturated rings. The van der Waals surface area contributed by atoms with Crippen molar-refractivity contribution in [2.45, 2.75) is 40.0 Å². The number of benzene rings is 1. The van der Waals surface area contributed by atoms with Gasteiger partial charge in [-0.15, -0.1) is 0 Å². The second-order valence-electron chi connectivity index (χ2n) is 8.80. The number of rotatable bonds is 5. The summed E-state index contributed by atoms with van der Waals surface area (Å²) in [5.74, 6) is -0.884. The number of carbonyl (C=O) groups excluding carboxylic acids is 2. The minimum absolute atomic E-state index is 0.000105.